The average molecular weight is 542 g/mol. The van der Waals surface area contributed by atoms with Gasteiger partial charge in [-0.15, -0.1) is 0 Å². The molecule has 1 unspecified atom stereocenters. The van der Waals surface area contributed by atoms with Gasteiger partial charge in [-0.1, -0.05) is 5.92 Å². The largest absolute Gasteiger partial charge is 0.497 e. The number of carbonyl (C=O) groups is 1. The highest BCUT2D eigenvalue weighted by atomic mass is 32.2. The maximum atomic E-state index is 13.3. The number of fused-ring (bicyclic) bond motifs is 1. The highest BCUT2D eigenvalue weighted by Crippen LogP contribution is 2.33. The van der Waals surface area contributed by atoms with E-state index in [-0.39, 0.29) is 5.92 Å². The first-order valence-electron chi connectivity index (χ1n) is 12.3. The first kappa shape index (κ1) is 27.8. The minimum absolute atomic E-state index is 0.0557. The van der Waals surface area contributed by atoms with Gasteiger partial charge in [0.25, 0.3) is 0 Å². The first-order chi connectivity index (χ1) is 18.4. The molecular formula is C28H29F2N3O4S. The van der Waals surface area contributed by atoms with E-state index in [0.717, 1.165) is 34.3 Å². The molecule has 0 bridgehead atoms. The van der Waals surface area contributed by atoms with E-state index in [4.69, 9.17) is 4.74 Å². The Morgan fingerprint density at radius 1 is 1.26 bits per heavy atom. The van der Waals surface area contributed by atoms with Crippen molar-refractivity contribution in [3.63, 3.8) is 0 Å². The molecule has 10 heteroatoms. The van der Waals surface area contributed by atoms with Crippen LogP contribution in [0.15, 0.2) is 53.6 Å². The molecule has 200 valence electrons. The van der Waals surface area contributed by atoms with Crippen LogP contribution < -0.4 is 10.2 Å². The molecule has 1 fully saturated rings. The summed E-state index contributed by atoms with van der Waals surface area (Å²) in [6.45, 7) is 1.42. The SMILES string of the molecule is COc1ccc2nccc(C(CC[C@@H]3CCN(CC#CSc4cc(F)cc(F)c4)C[C@@H]3C(=O)O)NO)c2c1. The van der Waals surface area contributed by atoms with Crippen LogP contribution in [0.2, 0.25) is 0 Å². The number of carboxylic acid groups (broad SMARTS) is 1. The summed E-state index contributed by atoms with van der Waals surface area (Å²) in [4.78, 5) is 18.8. The third-order valence-electron chi connectivity index (χ3n) is 6.88. The van der Waals surface area contributed by atoms with E-state index < -0.39 is 29.6 Å². The lowest BCUT2D eigenvalue weighted by Gasteiger charge is -2.36. The number of carboxylic acids is 1. The maximum absolute atomic E-state index is 13.3. The number of rotatable bonds is 9. The summed E-state index contributed by atoms with van der Waals surface area (Å²) in [5.74, 6) is 0.862. The number of pyridine rings is 1. The summed E-state index contributed by atoms with van der Waals surface area (Å²) in [6, 6.07) is 10.3. The number of nitrogens with one attached hydrogen (secondary N) is 1. The minimum Gasteiger partial charge on any atom is -0.497 e. The lowest BCUT2D eigenvalue weighted by atomic mass is 9.81. The van der Waals surface area contributed by atoms with E-state index in [1.54, 1.807) is 13.3 Å². The molecule has 2 heterocycles. The molecule has 38 heavy (non-hydrogen) atoms. The van der Waals surface area contributed by atoms with Gasteiger partial charge >= 0.3 is 5.97 Å². The van der Waals surface area contributed by atoms with E-state index in [1.807, 2.05) is 29.2 Å². The van der Waals surface area contributed by atoms with Gasteiger partial charge in [0, 0.05) is 29.1 Å². The van der Waals surface area contributed by atoms with Gasteiger partial charge in [0.05, 0.1) is 31.1 Å². The zero-order valence-electron chi connectivity index (χ0n) is 20.9. The Hall–Kier alpha value is -3.23. The number of likely N-dealkylation sites (tertiary alicyclic amines) is 1. The summed E-state index contributed by atoms with van der Waals surface area (Å²) in [5.41, 5.74) is 4.05. The highest BCUT2D eigenvalue weighted by Gasteiger charge is 2.34. The number of nitrogens with zero attached hydrogens (tertiary/aromatic N) is 2. The molecule has 0 aliphatic carbocycles. The van der Waals surface area contributed by atoms with Gasteiger partial charge in [-0.25, -0.2) is 8.78 Å². The Bertz CT molecular complexity index is 1330. The Kier molecular flexibility index (Phi) is 9.53. The zero-order valence-corrected chi connectivity index (χ0v) is 21.7. The van der Waals surface area contributed by atoms with Crippen molar-refractivity contribution >= 4 is 28.6 Å². The third-order valence-corrected chi connectivity index (χ3v) is 7.59. The van der Waals surface area contributed by atoms with Gasteiger partial charge in [-0.05, 0) is 90.7 Å². The lowest BCUT2D eigenvalue weighted by molar-refractivity contribution is -0.146. The number of hydroxylamine groups is 1. The Morgan fingerprint density at radius 2 is 2.05 bits per heavy atom. The van der Waals surface area contributed by atoms with Crippen molar-refractivity contribution in [3.8, 4) is 16.9 Å². The quantitative estimate of drug-likeness (QED) is 0.196. The highest BCUT2D eigenvalue weighted by molar-refractivity contribution is 8.03. The van der Waals surface area contributed by atoms with Crippen molar-refractivity contribution in [2.24, 2.45) is 11.8 Å². The Balaban J connectivity index is 1.37. The molecule has 0 saturated carbocycles. The summed E-state index contributed by atoms with van der Waals surface area (Å²) >= 11 is 1.03. The van der Waals surface area contributed by atoms with Crippen molar-refractivity contribution in [3.05, 3.63) is 65.9 Å². The smallest absolute Gasteiger partial charge is 0.308 e. The molecule has 1 aliphatic heterocycles. The molecule has 3 aromatic rings. The van der Waals surface area contributed by atoms with Crippen LogP contribution in [0.3, 0.4) is 0 Å². The van der Waals surface area contributed by atoms with Gasteiger partial charge in [-0.3, -0.25) is 14.7 Å². The molecule has 1 aliphatic rings. The number of aliphatic carboxylic acids is 1. The van der Waals surface area contributed by atoms with Crippen LogP contribution in [-0.2, 0) is 4.79 Å². The zero-order chi connectivity index (χ0) is 27.1. The van der Waals surface area contributed by atoms with Crippen LogP contribution in [0.25, 0.3) is 10.9 Å². The average Bonchev–Trinajstić information content (AvgIpc) is 2.91. The summed E-state index contributed by atoms with van der Waals surface area (Å²) in [5, 5.41) is 23.6. The molecule has 2 aromatic carbocycles. The first-order valence-corrected chi connectivity index (χ1v) is 13.1. The van der Waals surface area contributed by atoms with E-state index >= 15 is 0 Å². The second-order valence-electron chi connectivity index (χ2n) is 9.26. The second-order valence-corrected chi connectivity index (χ2v) is 10.1. The number of aromatic nitrogens is 1. The van der Waals surface area contributed by atoms with Crippen LogP contribution in [0.4, 0.5) is 8.78 Å². The van der Waals surface area contributed by atoms with Crippen molar-refractivity contribution in [2.45, 2.75) is 30.2 Å². The summed E-state index contributed by atoms with van der Waals surface area (Å²) < 4.78 is 32.0. The molecular weight excluding hydrogens is 512 g/mol. The molecule has 1 saturated heterocycles. The standard InChI is InChI=1S/C28H29F2N3O4S/c1-37-21-4-6-26-24(16-21)23(7-9-31-26)27(32-36)5-3-18-8-11-33(17-25(18)28(34)35)10-2-12-38-22-14-19(29)13-20(30)15-22/h4,6-7,9,13-16,18,25,27,32,36H,3,5,8,10-11,17H2,1H3,(H,34,35)/t18-,25+,27?/m1/s1. The van der Waals surface area contributed by atoms with E-state index in [0.29, 0.717) is 49.5 Å². The number of methoxy groups -OCH3 is 1. The molecule has 3 atom stereocenters. The number of benzene rings is 2. The van der Waals surface area contributed by atoms with Crippen LogP contribution >= 0.6 is 11.8 Å². The molecule has 0 amide bonds. The number of ether oxygens (including phenoxy) is 1. The van der Waals surface area contributed by atoms with E-state index in [1.165, 1.54) is 12.1 Å². The lowest BCUT2D eigenvalue weighted by Crippen LogP contribution is -2.44. The maximum Gasteiger partial charge on any atom is 0.308 e. The number of hydrogen-bond donors (Lipinski definition) is 3. The van der Waals surface area contributed by atoms with Crippen LogP contribution in [0, 0.1) is 34.6 Å². The normalized spacial score (nSPS) is 18.5. The van der Waals surface area contributed by atoms with Crippen LogP contribution in [-0.4, -0.2) is 52.9 Å². The molecule has 0 spiro atoms. The number of thioether (sulfide) groups is 1. The molecule has 7 nitrogen and oxygen atoms in total. The van der Waals surface area contributed by atoms with Crippen LogP contribution in [0.1, 0.15) is 30.9 Å². The number of halogens is 2. The van der Waals surface area contributed by atoms with Crippen molar-refractivity contribution in [2.75, 3.05) is 26.7 Å². The molecule has 1 aromatic heterocycles. The van der Waals surface area contributed by atoms with Gasteiger partial charge in [0.2, 0.25) is 0 Å². The molecule has 4 rings (SSSR count). The summed E-state index contributed by atoms with van der Waals surface area (Å²) in [7, 11) is 1.59. The van der Waals surface area contributed by atoms with Crippen LogP contribution in [0.5, 0.6) is 5.75 Å². The fourth-order valence-corrected chi connectivity index (χ4v) is 5.51. The van der Waals surface area contributed by atoms with Crippen molar-refractivity contribution in [1.29, 1.82) is 0 Å². The topological polar surface area (TPSA) is 94.9 Å². The van der Waals surface area contributed by atoms with Gasteiger partial charge < -0.3 is 15.1 Å². The predicted molar refractivity (Wildman–Crippen MR) is 141 cm³/mol. The Labute approximate surface area is 224 Å². The number of piperidine rings is 1. The fraction of sp³-hybridized carbons (Fsp3) is 0.357. The predicted octanol–water partition coefficient (Wildman–Crippen LogP) is 5.10. The van der Waals surface area contributed by atoms with Gasteiger partial charge in [0.15, 0.2) is 0 Å². The monoisotopic (exact) mass is 541 g/mol. The Morgan fingerprint density at radius 3 is 2.76 bits per heavy atom. The molecule has 0 radical (unpaired) electrons. The summed E-state index contributed by atoms with van der Waals surface area (Å²) in [6.07, 6.45) is 3.53. The van der Waals surface area contributed by atoms with E-state index in [2.05, 4.69) is 21.6 Å². The minimum atomic E-state index is -0.857. The fourth-order valence-electron chi connectivity index (χ4n) is 4.91. The third kappa shape index (κ3) is 6.99. The van der Waals surface area contributed by atoms with Crippen molar-refractivity contribution in [1.82, 2.24) is 15.4 Å². The second kappa shape index (κ2) is 13.0. The number of hydrogen-bond acceptors (Lipinski definition) is 7. The van der Waals surface area contributed by atoms with E-state index in [9.17, 15) is 23.9 Å². The van der Waals surface area contributed by atoms with Gasteiger partial charge in [0.1, 0.15) is 17.4 Å². The van der Waals surface area contributed by atoms with Gasteiger partial charge in [-0.2, -0.15) is 5.48 Å². The molecule has 3 N–H and O–H groups in total. The van der Waals surface area contributed by atoms with Crippen molar-refractivity contribution < 1.29 is 28.6 Å².